The molecule has 0 aromatic carbocycles. The summed E-state index contributed by atoms with van der Waals surface area (Å²) < 4.78 is 30.4. The third-order valence-corrected chi connectivity index (χ3v) is 3.58. The minimum atomic E-state index is -3.54. The zero-order valence-corrected chi connectivity index (χ0v) is 10.5. The van der Waals surface area contributed by atoms with Crippen LogP contribution in [-0.2, 0) is 14.8 Å². The van der Waals surface area contributed by atoms with Gasteiger partial charge in [0.1, 0.15) is 0 Å². The van der Waals surface area contributed by atoms with E-state index in [1.165, 1.54) is 0 Å². The van der Waals surface area contributed by atoms with E-state index in [-0.39, 0.29) is 19.6 Å². The number of ether oxygens (including phenoxy) is 1. The van der Waals surface area contributed by atoms with Crippen molar-refractivity contribution in [3.05, 3.63) is 12.2 Å². The first-order valence-corrected chi connectivity index (χ1v) is 6.59. The van der Waals surface area contributed by atoms with Crippen LogP contribution in [-0.4, -0.2) is 33.4 Å². The average molecular weight is 246 g/mol. The van der Waals surface area contributed by atoms with E-state index in [9.17, 15) is 8.42 Å². The Kier molecular flexibility index (Phi) is 6.97. The van der Waals surface area contributed by atoms with Gasteiger partial charge in [0.2, 0.25) is 10.0 Å². The minimum Gasteiger partial charge on any atom is -0.376 e. The minimum absolute atomic E-state index is 0.174. The second-order valence-electron chi connectivity index (χ2n) is 3.48. The molecule has 0 saturated heterocycles. The lowest BCUT2D eigenvalue weighted by Gasteiger charge is -2.10. The van der Waals surface area contributed by atoms with E-state index in [1.807, 2.05) is 6.92 Å². The Morgan fingerprint density at radius 3 is 2.69 bits per heavy atom. The lowest BCUT2D eigenvalue weighted by molar-refractivity contribution is 0.162. The largest absolute Gasteiger partial charge is 0.376 e. The summed E-state index contributed by atoms with van der Waals surface area (Å²) in [5.41, 5.74) is 0.881. The van der Waals surface area contributed by atoms with Crippen LogP contribution in [0.2, 0.25) is 0 Å². The van der Waals surface area contributed by atoms with Crippen LogP contribution < -0.4 is 4.72 Å². The van der Waals surface area contributed by atoms with Crippen molar-refractivity contribution in [2.75, 3.05) is 19.8 Å². The molecule has 5 nitrogen and oxygen atoms in total. The number of nitrogens with one attached hydrogen (secondary N) is 1. The van der Waals surface area contributed by atoms with Gasteiger partial charge in [0, 0.05) is 6.54 Å². The molecule has 0 aromatic heterocycles. The molecule has 0 aliphatic heterocycles. The molecule has 0 aromatic rings. The number of sulfonamides is 1. The molecular formula is C10H18N2O3S. The lowest BCUT2D eigenvalue weighted by Crippen LogP contribution is -2.35. The van der Waals surface area contributed by atoms with Crippen molar-refractivity contribution in [3.63, 3.8) is 0 Å². The summed E-state index contributed by atoms with van der Waals surface area (Å²) in [4.78, 5) is 0. The van der Waals surface area contributed by atoms with Crippen LogP contribution in [0, 0.1) is 11.3 Å². The highest BCUT2D eigenvalue weighted by Gasteiger charge is 2.22. The van der Waals surface area contributed by atoms with Gasteiger partial charge in [-0.1, -0.05) is 19.1 Å². The highest BCUT2D eigenvalue weighted by atomic mass is 32.2. The van der Waals surface area contributed by atoms with E-state index in [1.54, 1.807) is 13.0 Å². The standard InChI is InChI=1S/C10H18N2O3S/c1-4-10(7-11)16(13,14)12-5-6-15-8-9(2)3/h10,12H,2,4-6,8H2,1,3H3. The van der Waals surface area contributed by atoms with Crippen LogP contribution in [0.4, 0.5) is 0 Å². The predicted molar refractivity (Wildman–Crippen MR) is 62.2 cm³/mol. The second kappa shape index (κ2) is 7.39. The molecule has 92 valence electrons. The normalized spacial score (nSPS) is 13.1. The molecule has 1 unspecified atom stereocenters. The quantitative estimate of drug-likeness (QED) is 0.507. The summed E-state index contributed by atoms with van der Waals surface area (Å²) in [6.45, 7) is 7.99. The van der Waals surface area contributed by atoms with E-state index in [0.717, 1.165) is 5.57 Å². The smallest absolute Gasteiger partial charge is 0.228 e. The maximum absolute atomic E-state index is 11.5. The summed E-state index contributed by atoms with van der Waals surface area (Å²) in [5.74, 6) is 0. The SMILES string of the molecule is C=C(C)COCCNS(=O)(=O)C(C#N)CC. The summed E-state index contributed by atoms with van der Waals surface area (Å²) >= 11 is 0. The van der Waals surface area contributed by atoms with Gasteiger partial charge in [-0.2, -0.15) is 5.26 Å². The molecule has 0 bridgehead atoms. The Labute approximate surface area is 97.2 Å². The summed E-state index contributed by atoms with van der Waals surface area (Å²) in [6, 6.07) is 1.75. The Hall–Kier alpha value is -0.900. The fraction of sp³-hybridized carbons (Fsp3) is 0.700. The van der Waals surface area contributed by atoms with Gasteiger partial charge in [-0.15, -0.1) is 0 Å². The average Bonchev–Trinajstić information content (AvgIpc) is 2.17. The number of hydrogen-bond acceptors (Lipinski definition) is 4. The molecule has 1 atom stereocenters. The first-order valence-electron chi connectivity index (χ1n) is 5.04. The van der Waals surface area contributed by atoms with Crippen molar-refractivity contribution in [1.82, 2.24) is 4.72 Å². The van der Waals surface area contributed by atoms with Crippen LogP contribution in [0.3, 0.4) is 0 Å². The Morgan fingerprint density at radius 2 is 2.25 bits per heavy atom. The van der Waals surface area contributed by atoms with Crippen molar-refractivity contribution in [2.45, 2.75) is 25.5 Å². The Balaban J connectivity index is 3.93. The van der Waals surface area contributed by atoms with Crippen molar-refractivity contribution >= 4 is 10.0 Å². The first-order chi connectivity index (χ1) is 7.44. The summed E-state index contributed by atoms with van der Waals surface area (Å²) in [6.07, 6.45) is 0.276. The van der Waals surface area contributed by atoms with Crippen LogP contribution in [0.25, 0.3) is 0 Å². The van der Waals surface area contributed by atoms with Gasteiger partial charge in [-0.3, -0.25) is 0 Å². The molecule has 0 saturated carbocycles. The molecule has 0 heterocycles. The molecule has 0 radical (unpaired) electrons. The molecular weight excluding hydrogens is 228 g/mol. The van der Waals surface area contributed by atoms with Gasteiger partial charge in [0.25, 0.3) is 0 Å². The molecule has 0 amide bonds. The zero-order valence-electron chi connectivity index (χ0n) is 9.69. The fourth-order valence-electron chi connectivity index (χ4n) is 0.983. The van der Waals surface area contributed by atoms with E-state index in [2.05, 4.69) is 11.3 Å². The van der Waals surface area contributed by atoms with E-state index >= 15 is 0 Å². The molecule has 16 heavy (non-hydrogen) atoms. The van der Waals surface area contributed by atoms with E-state index < -0.39 is 15.3 Å². The van der Waals surface area contributed by atoms with Crippen molar-refractivity contribution in [3.8, 4) is 6.07 Å². The van der Waals surface area contributed by atoms with Crippen molar-refractivity contribution in [1.29, 1.82) is 5.26 Å². The number of rotatable bonds is 8. The Bertz CT molecular complexity index is 357. The van der Waals surface area contributed by atoms with Gasteiger partial charge in [-0.25, -0.2) is 13.1 Å². The van der Waals surface area contributed by atoms with Gasteiger partial charge >= 0.3 is 0 Å². The molecule has 0 aliphatic rings. The highest BCUT2D eigenvalue weighted by Crippen LogP contribution is 2.01. The molecule has 0 fully saturated rings. The van der Waals surface area contributed by atoms with Crippen LogP contribution in [0.1, 0.15) is 20.3 Å². The van der Waals surface area contributed by atoms with Gasteiger partial charge in [0.15, 0.2) is 5.25 Å². The second-order valence-corrected chi connectivity index (χ2v) is 5.42. The monoisotopic (exact) mass is 246 g/mol. The molecule has 6 heteroatoms. The fourth-order valence-corrected chi connectivity index (χ4v) is 2.13. The topological polar surface area (TPSA) is 79.2 Å². The number of hydrogen-bond donors (Lipinski definition) is 1. The van der Waals surface area contributed by atoms with Gasteiger partial charge in [0.05, 0.1) is 19.3 Å². The number of nitrogens with zero attached hydrogens (tertiary/aromatic N) is 1. The molecule has 0 rings (SSSR count). The van der Waals surface area contributed by atoms with Gasteiger partial charge < -0.3 is 4.74 Å². The third kappa shape index (κ3) is 5.85. The van der Waals surface area contributed by atoms with Crippen LogP contribution in [0.15, 0.2) is 12.2 Å². The van der Waals surface area contributed by atoms with Crippen LogP contribution >= 0.6 is 0 Å². The molecule has 1 N–H and O–H groups in total. The Morgan fingerprint density at radius 1 is 1.62 bits per heavy atom. The van der Waals surface area contributed by atoms with Gasteiger partial charge in [-0.05, 0) is 13.3 Å². The zero-order chi connectivity index (χ0) is 12.6. The first kappa shape index (κ1) is 15.1. The predicted octanol–water partition coefficient (Wildman–Crippen LogP) is 0.801. The highest BCUT2D eigenvalue weighted by molar-refractivity contribution is 7.90. The third-order valence-electron chi connectivity index (χ3n) is 1.79. The number of nitriles is 1. The molecule has 0 spiro atoms. The van der Waals surface area contributed by atoms with Crippen LogP contribution in [0.5, 0.6) is 0 Å². The van der Waals surface area contributed by atoms with E-state index in [0.29, 0.717) is 6.61 Å². The summed E-state index contributed by atoms with van der Waals surface area (Å²) in [5, 5.41) is 7.63. The molecule has 0 aliphatic carbocycles. The lowest BCUT2D eigenvalue weighted by atomic mass is 10.4. The van der Waals surface area contributed by atoms with Crippen molar-refractivity contribution in [2.24, 2.45) is 0 Å². The van der Waals surface area contributed by atoms with E-state index in [4.69, 9.17) is 10.00 Å². The maximum atomic E-state index is 11.5. The van der Waals surface area contributed by atoms with Crippen molar-refractivity contribution < 1.29 is 13.2 Å². The summed E-state index contributed by atoms with van der Waals surface area (Å²) in [7, 11) is -3.54. The maximum Gasteiger partial charge on any atom is 0.228 e.